The summed E-state index contributed by atoms with van der Waals surface area (Å²) < 4.78 is 53.3. The van der Waals surface area contributed by atoms with Gasteiger partial charge in [0.2, 0.25) is 11.7 Å². The predicted octanol–water partition coefficient (Wildman–Crippen LogP) is 3.91. The second kappa shape index (κ2) is 7.99. The molecule has 0 aliphatic rings. The topological polar surface area (TPSA) is 56.8 Å². The second-order valence-corrected chi connectivity index (χ2v) is 5.33. The number of nitrogens with one attached hydrogen (secondary N) is 1. The molecule has 2 aromatic rings. The Morgan fingerprint density at radius 1 is 0.962 bits per heavy atom. The Hall–Kier alpha value is -2.90. The SMILES string of the molecule is COc1cc(CC(=O)Nc2ccc(C(F)(F)F)cc2)cc(OC)c1OC. The maximum atomic E-state index is 12.6. The fraction of sp³-hybridized carbons (Fsp3) is 0.278. The van der Waals surface area contributed by atoms with Crippen molar-refractivity contribution in [2.24, 2.45) is 0 Å². The van der Waals surface area contributed by atoms with Crippen molar-refractivity contribution >= 4 is 11.6 Å². The van der Waals surface area contributed by atoms with Crippen LogP contribution in [0.4, 0.5) is 18.9 Å². The van der Waals surface area contributed by atoms with Gasteiger partial charge in [-0.2, -0.15) is 13.2 Å². The molecule has 0 radical (unpaired) electrons. The fourth-order valence-electron chi connectivity index (χ4n) is 2.37. The first-order chi connectivity index (χ1) is 12.3. The van der Waals surface area contributed by atoms with E-state index in [-0.39, 0.29) is 18.0 Å². The molecule has 1 amide bonds. The molecule has 0 saturated heterocycles. The standard InChI is InChI=1S/C18H18F3NO4/c1-24-14-8-11(9-15(25-2)17(14)26-3)10-16(23)22-13-6-4-12(5-7-13)18(19,20)21/h4-9H,10H2,1-3H3,(H,22,23). The van der Waals surface area contributed by atoms with Crippen LogP contribution in [0.5, 0.6) is 17.2 Å². The highest BCUT2D eigenvalue weighted by atomic mass is 19.4. The van der Waals surface area contributed by atoms with Gasteiger partial charge in [0.1, 0.15) is 0 Å². The van der Waals surface area contributed by atoms with E-state index in [9.17, 15) is 18.0 Å². The summed E-state index contributed by atoms with van der Waals surface area (Å²) in [5.41, 5.74) is 0.0967. The summed E-state index contributed by atoms with van der Waals surface area (Å²) in [4.78, 5) is 12.2. The van der Waals surface area contributed by atoms with Crippen LogP contribution >= 0.6 is 0 Å². The van der Waals surface area contributed by atoms with Crippen molar-refractivity contribution in [3.63, 3.8) is 0 Å². The smallest absolute Gasteiger partial charge is 0.416 e. The predicted molar refractivity (Wildman–Crippen MR) is 89.9 cm³/mol. The van der Waals surface area contributed by atoms with E-state index in [1.54, 1.807) is 12.1 Å². The van der Waals surface area contributed by atoms with E-state index >= 15 is 0 Å². The Balaban J connectivity index is 2.12. The van der Waals surface area contributed by atoms with E-state index in [2.05, 4.69) is 5.32 Å². The summed E-state index contributed by atoms with van der Waals surface area (Å²) in [6.07, 6.45) is -4.43. The number of carbonyl (C=O) groups is 1. The van der Waals surface area contributed by atoms with E-state index in [0.717, 1.165) is 12.1 Å². The van der Waals surface area contributed by atoms with Gasteiger partial charge in [0.25, 0.3) is 0 Å². The Morgan fingerprint density at radius 2 is 1.50 bits per heavy atom. The maximum absolute atomic E-state index is 12.6. The quantitative estimate of drug-likeness (QED) is 0.839. The summed E-state index contributed by atoms with van der Waals surface area (Å²) in [5.74, 6) is 0.828. The number of benzene rings is 2. The van der Waals surface area contributed by atoms with Crippen molar-refractivity contribution < 1.29 is 32.2 Å². The van der Waals surface area contributed by atoms with Gasteiger partial charge in [0.15, 0.2) is 11.5 Å². The van der Waals surface area contributed by atoms with Crippen LogP contribution in [0, 0.1) is 0 Å². The minimum Gasteiger partial charge on any atom is -0.493 e. The van der Waals surface area contributed by atoms with Gasteiger partial charge in [-0.25, -0.2) is 0 Å². The molecule has 5 nitrogen and oxygen atoms in total. The highest BCUT2D eigenvalue weighted by Crippen LogP contribution is 2.38. The average molecular weight is 369 g/mol. The first-order valence-corrected chi connectivity index (χ1v) is 7.54. The maximum Gasteiger partial charge on any atom is 0.416 e. The lowest BCUT2D eigenvalue weighted by atomic mass is 10.1. The molecule has 26 heavy (non-hydrogen) atoms. The molecular weight excluding hydrogens is 351 g/mol. The molecule has 0 atom stereocenters. The third-order valence-electron chi connectivity index (χ3n) is 3.59. The van der Waals surface area contributed by atoms with Crippen molar-refractivity contribution in [1.29, 1.82) is 0 Å². The first kappa shape index (κ1) is 19.4. The lowest BCUT2D eigenvalue weighted by Gasteiger charge is -2.14. The van der Waals surface area contributed by atoms with Gasteiger partial charge in [-0.1, -0.05) is 0 Å². The van der Waals surface area contributed by atoms with Crippen molar-refractivity contribution in [2.75, 3.05) is 26.6 Å². The van der Waals surface area contributed by atoms with E-state index in [0.29, 0.717) is 22.8 Å². The molecule has 0 saturated carbocycles. The number of alkyl halides is 3. The molecule has 0 aliphatic heterocycles. The normalized spacial score (nSPS) is 11.0. The number of hydrogen-bond acceptors (Lipinski definition) is 4. The molecule has 8 heteroatoms. The number of anilines is 1. The van der Waals surface area contributed by atoms with Crippen LogP contribution in [0.3, 0.4) is 0 Å². The number of hydrogen-bond donors (Lipinski definition) is 1. The van der Waals surface area contributed by atoms with Crippen molar-refractivity contribution in [1.82, 2.24) is 0 Å². The van der Waals surface area contributed by atoms with Crippen LogP contribution in [0.15, 0.2) is 36.4 Å². The largest absolute Gasteiger partial charge is 0.493 e. The Kier molecular flexibility index (Phi) is 5.97. The third kappa shape index (κ3) is 4.59. The monoisotopic (exact) mass is 369 g/mol. The summed E-state index contributed by atoms with van der Waals surface area (Å²) in [5, 5.41) is 2.55. The van der Waals surface area contributed by atoms with E-state index in [4.69, 9.17) is 14.2 Å². The minimum absolute atomic E-state index is 0.0161. The Bertz CT molecular complexity index is 748. The van der Waals surface area contributed by atoms with Gasteiger partial charge in [-0.15, -0.1) is 0 Å². The molecule has 0 aromatic heterocycles. The molecule has 0 heterocycles. The van der Waals surface area contributed by atoms with Gasteiger partial charge in [0.05, 0.1) is 33.3 Å². The molecule has 0 spiro atoms. The molecule has 0 unspecified atom stereocenters. The zero-order valence-corrected chi connectivity index (χ0v) is 14.4. The minimum atomic E-state index is -4.42. The molecule has 1 N–H and O–H groups in total. The summed E-state index contributed by atoms with van der Waals surface area (Å²) >= 11 is 0. The van der Waals surface area contributed by atoms with Crippen LogP contribution in [-0.2, 0) is 17.4 Å². The summed E-state index contributed by atoms with van der Waals surface area (Å²) in [6, 6.07) is 7.50. The van der Waals surface area contributed by atoms with Gasteiger partial charge in [-0.3, -0.25) is 4.79 Å². The van der Waals surface area contributed by atoms with Crippen LogP contribution in [0.1, 0.15) is 11.1 Å². The summed E-state index contributed by atoms with van der Waals surface area (Å²) in [6.45, 7) is 0. The molecule has 2 rings (SSSR count). The number of amides is 1. The van der Waals surface area contributed by atoms with E-state index < -0.39 is 11.7 Å². The van der Waals surface area contributed by atoms with Gasteiger partial charge in [0, 0.05) is 5.69 Å². The van der Waals surface area contributed by atoms with Crippen molar-refractivity contribution in [3.8, 4) is 17.2 Å². The average Bonchev–Trinajstić information content (AvgIpc) is 2.60. The lowest BCUT2D eigenvalue weighted by molar-refractivity contribution is -0.137. The number of methoxy groups -OCH3 is 3. The molecule has 2 aromatic carbocycles. The number of ether oxygens (including phenoxy) is 3. The molecular formula is C18H18F3NO4. The van der Waals surface area contributed by atoms with E-state index in [1.165, 1.54) is 33.5 Å². The number of carbonyl (C=O) groups excluding carboxylic acids is 1. The molecule has 0 bridgehead atoms. The van der Waals surface area contributed by atoms with Gasteiger partial charge in [-0.05, 0) is 42.0 Å². The van der Waals surface area contributed by atoms with E-state index in [1.807, 2.05) is 0 Å². The third-order valence-corrected chi connectivity index (χ3v) is 3.59. The van der Waals surface area contributed by atoms with Crippen molar-refractivity contribution in [3.05, 3.63) is 47.5 Å². The van der Waals surface area contributed by atoms with Crippen LogP contribution in [0.25, 0.3) is 0 Å². The Labute approximate surface area is 148 Å². The van der Waals surface area contributed by atoms with Crippen molar-refractivity contribution in [2.45, 2.75) is 12.6 Å². The second-order valence-electron chi connectivity index (χ2n) is 5.33. The van der Waals surface area contributed by atoms with Crippen LogP contribution < -0.4 is 19.5 Å². The van der Waals surface area contributed by atoms with Gasteiger partial charge < -0.3 is 19.5 Å². The Morgan fingerprint density at radius 3 is 1.92 bits per heavy atom. The van der Waals surface area contributed by atoms with Gasteiger partial charge >= 0.3 is 6.18 Å². The summed E-state index contributed by atoms with van der Waals surface area (Å²) in [7, 11) is 4.39. The van der Waals surface area contributed by atoms with Crippen LogP contribution in [-0.4, -0.2) is 27.2 Å². The number of halogens is 3. The lowest BCUT2D eigenvalue weighted by Crippen LogP contribution is -2.15. The highest BCUT2D eigenvalue weighted by molar-refractivity contribution is 5.92. The molecule has 0 fully saturated rings. The fourth-order valence-corrected chi connectivity index (χ4v) is 2.37. The number of rotatable bonds is 6. The molecule has 0 aliphatic carbocycles. The van der Waals surface area contributed by atoms with Crippen LogP contribution in [0.2, 0.25) is 0 Å². The highest BCUT2D eigenvalue weighted by Gasteiger charge is 2.30. The first-order valence-electron chi connectivity index (χ1n) is 7.54. The zero-order valence-electron chi connectivity index (χ0n) is 14.4. The zero-order chi connectivity index (χ0) is 19.3. The molecule has 140 valence electrons.